The standard InChI is InChI=1S/C15H13F3N4O2/c1-21-13-12(11(7-23)20-21)14(24)22(8-19-13)6-9-2-4-10(5-3-9)15(16,17)18/h2-5,8,23H,6-7H2,1H3. The molecule has 1 N–H and O–H groups in total. The van der Waals surface area contributed by atoms with Crippen molar-refractivity contribution < 1.29 is 18.3 Å². The summed E-state index contributed by atoms with van der Waals surface area (Å²) in [5, 5.41) is 13.5. The van der Waals surface area contributed by atoms with Crippen LogP contribution >= 0.6 is 0 Å². The van der Waals surface area contributed by atoms with Gasteiger partial charge in [-0.3, -0.25) is 9.36 Å². The van der Waals surface area contributed by atoms with Crippen molar-refractivity contribution in [2.75, 3.05) is 0 Å². The van der Waals surface area contributed by atoms with Crippen molar-refractivity contribution in [3.8, 4) is 0 Å². The van der Waals surface area contributed by atoms with Crippen LogP contribution in [0.3, 0.4) is 0 Å². The van der Waals surface area contributed by atoms with E-state index in [4.69, 9.17) is 0 Å². The first-order valence-corrected chi connectivity index (χ1v) is 6.99. The van der Waals surface area contributed by atoms with Crippen LogP contribution in [0.4, 0.5) is 13.2 Å². The maximum atomic E-state index is 12.6. The molecule has 3 aromatic rings. The Labute approximate surface area is 133 Å². The molecule has 0 amide bonds. The van der Waals surface area contributed by atoms with Gasteiger partial charge in [-0.2, -0.15) is 18.3 Å². The second-order valence-corrected chi connectivity index (χ2v) is 5.30. The molecule has 2 heterocycles. The molecule has 0 saturated heterocycles. The highest BCUT2D eigenvalue weighted by molar-refractivity contribution is 5.76. The Bertz CT molecular complexity index is 942. The lowest BCUT2D eigenvalue weighted by Crippen LogP contribution is -2.21. The zero-order valence-corrected chi connectivity index (χ0v) is 12.6. The monoisotopic (exact) mass is 338 g/mol. The molecule has 1 aromatic carbocycles. The number of nitrogens with zero attached hydrogens (tertiary/aromatic N) is 4. The summed E-state index contributed by atoms with van der Waals surface area (Å²) in [5.41, 5.74) is -0.0702. The van der Waals surface area contributed by atoms with Crippen molar-refractivity contribution in [3.63, 3.8) is 0 Å². The molecular weight excluding hydrogens is 325 g/mol. The average molecular weight is 338 g/mol. The quantitative estimate of drug-likeness (QED) is 0.789. The predicted molar refractivity (Wildman–Crippen MR) is 79.2 cm³/mol. The van der Waals surface area contributed by atoms with Gasteiger partial charge in [0, 0.05) is 7.05 Å². The normalized spacial score (nSPS) is 12.0. The van der Waals surface area contributed by atoms with Gasteiger partial charge >= 0.3 is 6.18 Å². The Hall–Kier alpha value is -2.68. The zero-order chi connectivity index (χ0) is 17.5. The fraction of sp³-hybridized carbons (Fsp3) is 0.267. The fourth-order valence-electron chi connectivity index (χ4n) is 2.48. The first-order chi connectivity index (χ1) is 11.3. The molecule has 0 radical (unpaired) electrons. The van der Waals surface area contributed by atoms with Gasteiger partial charge in [0.25, 0.3) is 5.56 Å². The molecule has 0 fully saturated rings. The van der Waals surface area contributed by atoms with E-state index in [1.807, 2.05) is 0 Å². The van der Waals surface area contributed by atoms with E-state index in [0.717, 1.165) is 12.1 Å². The van der Waals surface area contributed by atoms with Crippen LogP contribution in [0.2, 0.25) is 0 Å². The van der Waals surface area contributed by atoms with Gasteiger partial charge in [0.1, 0.15) is 17.4 Å². The van der Waals surface area contributed by atoms with Crippen LogP contribution in [0, 0.1) is 0 Å². The minimum absolute atomic E-state index is 0.0691. The molecule has 0 aliphatic heterocycles. The Morgan fingerprint density at radius 2 is 1.88 bits per heavy atom. The third-order valence-corrected chi connectivity index (χ3v) is 3.67. The summed E-state index contributed by atoms with van der Waals surface area (Å²) in [6.07, 6.45) is -3.09. The number of fused-ring (bicyclic) bond motifs is 1. The number of aromatic nitrogens is 4. The smallest absolute Gasteiger partial charge is 0.390 e. The van der Waals surface area contributed by atoms with Crippen LogP contribution in [-0.4, -0.2) is 24.4 Å². The van der Waals surface area contributed by atoms with E-state index in [1.54, 1.807) is 7.05 Å². The van der Waals surface area contributed by atoms with E-state index >= 15 is 0 Å². The average Bonchev–Trinajstić information content (AvgIpc) is 2.87. The van der Waals surface area contributed by atoms with E-state index in [0.29, 0.717) is 11.2 Å². The van der Waals surface area contributed by atoms with Crippen molar-refractivity contribution in [2.45, 2.75) is 19.3 Å². The molecule has 3 rings (SSSR count). The molecule has 0 aliphatic carbocycles. The number of halogens is 3. The lowest BCUT2D eigenvalue weighted by Gasteiger charge is -2.09. The largest absolute Gasteiger partial charge is 0.416 e. The second kappa shape index (κ2) is 5.75. The molecule has 24 heavy (non-hydrogen) atoms. The first kappa shape index (κ1) is 16.2. The highest BCUT2D eigenvalue weighted by Crippen LogP contribution is 2.29. The Morgan fingerprint density at radius 1 is 1.21 bits per heavy atom. The fourth-order valence-corrected chi connectivity index (χ4v) is 2.48. The number of rotatable bonds is 3. The second-order valence-electron chi connectivity index (χ2n) is 5.30. The van der Waals surface area contributed by atoms with Crippen LogP contribution < -0.4 is 5.56 Å². The minimum atomic E-state index is -4.40. The predicted octanol–water partition coefficient (Wildman–Crippen LogP) is 1.69. The molecule has 0 bridgehead atoms. The number of hydrogen-bond acceptors (Lipinski definition) is 4. The maximum absolute atomic E-state index is 12.6. The number of aryl methyl sites for hydroxylation is 1. The summed E-state index contributed by atoms with van der Waals surface area (Å²) in [6.45, 7) is -0.335. The van der Waals surface area contributed by atoms with Crippen molar-refractivity contribution in [3.05, 3.63) is 57.8 Å². The molecular formula is C15H13F3N4O2. The highest BCUT2D eigenvalue weighted by atomic mass is 19.4. The van der Waals surface area contributed by atoms with E-state index < -0.39 is 23.9 Å². The third kappa shape index (κ3) is 2.78. The number of alkyl halides is 3. The highest BCUT2D eigenvalue weighted by Gasteiger charge is 2.29. The Balaban J connectivity index is 1.99. The van der Waals surface area contributed by atoms with Crippen molar-refractivity contribution in [1.82, 2.24) is 19.3 Å². The molecule has 2 aromatic heterocycles. The maximum Gasteiger partial charge on any atom is 0.416 e. The molecule has 126 valence electrons. The van der Waals surface area contributed by atoms with E-state index in [1.165, 1.54) is 27.7 Å². The van der Waals surface area contributed by atoms with Crippen molar-refractivity contribution >= 4 is 11.0 Å². The lowest BCUT2D eigenvalue weighted by molar-refractivity contribution is -0.137. The van der Waals surface area contributed by atoms with Crippen LogP contribution in [-0.2, 0) is 26.4 Å². The van der Waals surface area contributed by atoms with Gasteiger partial charge in [0.2, 0.25) is 0 Å². The molecule has 0 aliphatic rings. The first-order valence-electron chi connectivity index (χ1n) is 6.99. The molecule has 0 saturated carbocycles. The van der Waals surface area contributed by atoms with Crippen molar-refractivity contribution in [2.24, 2.45) is 7.05 Å². The third-order valence-electron chi connectivity index (χ3n) is 3.67. The summed E-state index contributed by atoms with van der Waals surface area (Å²) in [7, 11) is 1.61. The molecule has 6 nitrogen and oxygen atoms in total. The Morgan fingerprint density at radius 3 is 2.46 bits per heavy atom. The van der Waals surface area contributed by atoms with E-state index in [9.17, 15) is 23.1 Å². The topological polar surface area (TPSA) is 72.9 Å². The summed E-state index contributed by atoms with van der Waals surface area (Å²) < 4.78 is 40.4. The zero-order valence-electron chi connectivity index (χ0n) is 12.6. The lowest BCUT2D eigenvalue weighted by atomic mass is 10.1. The number of benzene rings is 1. The molecule has 0 unspecified atom stereocenters. The van der Waals surface area contributed by atoms with Gasteiger partial charge in [-0.05, 0) is 17.7 Å². The summed E-state index contributed by atoms with van der Waals surface area (Å²) in [4.78, 5) is 16.7. The molecule has 9 heteroatoms. The van der Waals surface area contributed by atoms with E-state index in [2.05, 4.69) is 10.1 Å². The number of hydrogen-bond donors (Lipinski definition) is 1. The number of aliphatic hydroxyl groups excluding tert-OH is 1. The van der Waals surface area contributed by atoms with Crippen LogP contribution in [0.15, 0.2) is 35.4 Å². The van der Waals surface area contributed by atoms with Gasteiger partial charge < -0.3 is 5.11 Å². The summed E-state index contributed by atoms with van der Waals surface area (Å²) >= 11 is 0. The molecule has 0 spiro atoms. The number of aliphatic hydroxyl groups is 1. The van der Waals surface area contributed by atoms with E-state index in [-0.39, 0.29) is 17.6 Å². The molecule has 0 atom stereocenters. The van der Waals surface area contributed by atoms with Gasteiger partial charge in [-0.1, -0.05) is 12.1 Å². The minimum Gasteiger partial charge on any atom is -0.390 e. The Kier molecular flexibility index (Phi) is 3.88. The van der Waals surface area contributed by atoms with Gasteiger partial charge in [0.05, 0.1) is 18.7 Å². The summed E-state index contributed by atoms with van der Waals surface area (Å²) in [6, 6.07) is 4.57. The van der Waals surface area contributed by atoms with Crippen molar-refractivity contribution in [1.29, 1.82) is 0 Å². The van der Waals surface area contributed by atoms with Crippen LogP contribution in [0.5, 0.6) is 0 Å². The van der Waals surface area contributed by atoms with Gasteiger partial charge in [-0.25, -0.2) is 9.67 Å². The SMILES string of the molecule is Cn1nc(CO)c2c(=O)n(Cc3ccc(C(F)(F)F)cc3)cnc21. The van der Waals surface area contributed by atoms with Gasteiger partial charge in [0.15, 0.2) is 5.65 Å². The van der Waals surface area contributed by atoms with Crippen LogP contribution in [0.25, 0.3) is 11.0 Å². The van der Waals surface area contributed by atoms with Gasteiger partial charge in [-0.15, -0.1) is 0 Å². The summed E-state index contributed by atoms with van der Waals surface area (Å²) in [5.74, 6) is 0. The van der Waals surface area contributed by atoms with Crippen LogP contribution in [0.1, 0.15) is 16.8 Å².